The molecule has 0 bridgehead atoms. The van der Waals surface area contributed by atoms with E-state index < -0.39 is 0 Å². The van der Waals surface area contributed by atoms with E-state index in [-0.39, 0.29) is 11.6 Å². The van der Waals surface area contributed by atoms with Gasteiger partial charge >= 0.3 is 0 Å². The Balaban J connectivity index is 2.37. The predicted molar refractivity (Wildman–Crippen MR) is 89.9 cm³/mol. The fourth-order valence-electron chi connectivity index (χ4n) is 3.42. The molecule has 2 unspecified atom stereocenters. The highest BCUT2D eigenvalue weighted by atomic mass is 16.5. The standard InChI is InChI=1S/C19H31NO/c1-6-10-20-18(19(5)9-7-8-11-21-19)17-13-15(3)14(2)12-16(17)4/h12-13,18,20H,6-11H2,1-5H3. The lowest BCUT2D eigenvalue weighted by Gasteiger charge is -2.42. The molecule has 1 fully saturated rings. The molecule has 0 radical (unpaired) electrons. The largest absolute Gasteiger partial charge is 0.373 e. The molecule has 1 N–H and O–H groups in total. The molecule has 1 aliphatic rings. The maximum absolute atomic E-state index is 6.24. The molecular weight excluding hydrogens is 258 g/mol. The fourth-order valence-corrected chi connectivity index (χ4v) is 3.42. The normalized spacial score (nSPS) is 24.0. The van der Waals surface area contributed by atoms with E-state index in [2.05, 4.69) is 52.1 Å². The van der Waals surface area contributed by atoms with E-state index in [0.29, 0.717) is 0 Å². The van der Waals surface area contributed by atoms with Gasteiger partial charge in [0, 0.05) is 6.61 Å². The number of rotatable bonds is 5. The first kappa shape index (κ1) is 16.5. The highest BCUT2D eigenvalue weighted by molar-refractivity contribution is 5.39. The molecule has 0 aromatic heterocycles. The molecule has 1 aromatic rings. The van der Waals surface area contributed by atoms with Gasteiger partial charge in [-0.2, -0.15) is 0 Å². The van der Waals surface area contributed by atoms with Crippen LogP contribution in [0.15, 0.2) is 12.1 Å². The van der Waals surface area contributed by atoms with Gasteiger partial charge in [-0.05, 0) is 82.2 Å². The maximum Gasteiger partial charge on any atom is 0.0848 e. The summed E-state index contributed by atoms with van der Waals surface area (Å²) in [5.41, 5.74) is 5.46. The summed E-state index contributed by atoms with van der Waals surface area (Å²) in [5.74, 6) is 0. The average molecular weight is 289 g/mol. The highest BCUT2D eigenvalue weighted by Gasteiger charge is 2.38. The third-order valence-electron chi connectivity index (χ3n) is 4.90. The predicted octanol–water partition coefficient (Wildman–Crippen LogP) is 4.61. The first-order valence-corrected chi connectivity index (χ1v) is 8.43. The summed E-state index contributed by atoms with van der Waals surface area (Å²) in [5, 5.41) is 3.76. The van der Waals surface area contributed by atoms with Crippen LogP contribution in [0.4, 0.5) is 0 Å². The summed E-state index contributed by atoms with van der Waals surface area (Å²) in [6.45, 7) is 13.1. The van der Waals surface area contributed by atoms with Crippen LogP contribution in [0.2, 0.25) is 0 Å². The first-order valence-electron chi connectivity index (χ1n) is 8.43. The smallest absolute Gasteiger partial charge is 0.0848 e. The van der Waals surface area contributed by atoms with Crippen molar-refractivity contribution in [1.29, 1.82) is 0 Å². The van der Waals surface area contributed by atoms with Crippen molar-refractivity contribution in [1.82, 2.24) is 5.32 Å². The van der Waals surface area contributed by atoms with E-state index in [1.165, 1.54) is 35.1 Å². The first-order chi connectivity index (χ1) is 9.98. The minimum Gasteiger partial charge on any atom is -0.373 e. The highest BCUT2D eigenvalue weighted by Crippen LogP contribution is 2.38. The van der Waals surface area contributed by atoms with Gasteiger partial charge in [-0.3, -0.25) is 0 Å². The van der Waals surface area contributed by atoms with E-state index >= 15 is 0 Å². The summed E-state index contributed by atoms with van der Waals surface area (Å²) in [7, 11) is 0. The summed E-state index contributed by atoms with van der Waals surface area (Å²) in [6.07, 6.45) is 4.75. The zero-order valence-electron chi connectivity index (χ0n) is 14.4. The zero-order valence-corrected chi connectivity index (χ0v) is 14.4. The van der Waals surface area contributed by atoms with Gasteiger partial charge < -0.3 is 10.1 Å². The lowest BCUT2D eigenvalue weighted by atomic mass is 9.81. The van der Waals surface area contributed by atoms with Crippen molar-refractivity contribution in [2.75, 3.05) is 13.2 Å². The Hall–Kier alpha value is -0.860. The van der Waals surface area contributed by atoms with Crippen LogP contribution in [-0.2, 0) is 4.74 Å². The van der Waals surface area contributed by atoms with Crippen LogP contribution in [-0.4, -0.2) is 18.8 Å². The molecule has 0 spiro atoms. The number of aryl methyl sites for hydroxylation is 3. The Bertz CT molecular complexity index is 475. The zero-order chi connectivity index (χ0) is 15.5. The van der Waals surface area contributed by atoms with Crippen LogP contribution in [0.1, 0.15) is 67.8 Å². The number of benzene rings is 1. The van der Waals surface area contributed by atoms with Gasteiger partial charge in [0.05, 0.1) is 11.6 Å². The van der Waals surface area contributed by atoms with Gasteiger partial charge in [-0.25, -0.2) is 0 Å². The van der Waals surface area contributed by atoms with Gasteiger partial charge in [-0.15, -0.1) is 0 Å². The minimum atomic E-state index is -0.0835. The molecule has 0 aliphatic carbocycles. The number of ether oxygens (including phenoxy) is 1. The second-order valence-corrected chi connectivity index (χ2v) is 6.80. The average Bonchev–Trinajstić information content (AvgIpc) is 2.45. The van der Waals surface area contributed by atoms with Crippen molar-refractivity contribution in [2.45, 2.75) is 71.9 Å². The van der Waals surface area contributed by atoms with Crippen molar-refractivity contribution in [3.63, 3.8) is 0 Å². The molecule has 2 nitrogen and oxygen atoms in total. The SMILES string of the molecule is CCCNC(c1cc(C)c(C)cc1C)C1(C)CCCCO1. The molecule has 118 valence electrons. The van der Waals surface area contributed by atoms with Crippen LogP contribution in [0.3, 0.4) is 0 Å². The summed E-state index contributed by atoms with van der Waals surface area (Å²) >= 11 is 0. The molecule has 2 atom stereocenters. The van der Waals surface area contributed by atoms with Gasteiger partial charge in [0.2, 0.25) is 0 Å². The molecule has 1 aliphatic heterocycles. The third-order valence-corrected chi connectivity index (χ3v) is 4.90. The Labute approximate surface area is 130 Å². The van der Waals surface area contributed by atoms with Crippen molar-refractivity contribution in [3.05, 3.63) is 34.4 Å². The number of hydrogen-bond acceptors (Lipinski definition) is 2. The Kier molecular flexibility index (Phi) is 5.45. The third kappa shape index (κ3) is 3.67. The maximum atomic E-state index is 6.24. The van der Waals surface area contributed by atoms with Crippen molar-refractivity contribution >= 4 is 0 Å². The second-order valence-electron chi connectivity index (χ2n) is 6.80. The van der Waals surface area contributed by atoms with Gasteiger partial charge in [-0.1, -0.05) is 19.1 Å². The molecule has 21 heavy (non-hydrogen) atoms. The van der Waals surface area contributed by atoms with Crippen LogP contribution >= 0.6 is 0 Å². The lowest BCUT2D eigenvalue weighted by Crippen LogP contribution is -2.46. The fraction of sp³-hybridized carbons (Fsp3) is 0.684. The molecule has 0 saturated carbocycles. The molecule has 2 heteroatoms. The van der Waals surface area contributed by atoms with Crippen molar-refractivity contribution < 1.29 is 4.74 Å². The quantitative estimate of drug-likeness (QED) is 0.854. The van der Waals surface area contributed by atoms with Crippen LogP contribution in [0.25, 0.3) is 0 Å². The summed E-state index contributed by atoms with van der Waals surface area (Å²) in [6, 6.07) is 4.97. The van der Waals surface area contributed by atoms with Gasteiger partial charge in [0.1, 0.15) is 0 Å². The Morgan fingerprint density at radius 3 is 2.48 bits per heavy atom. The Morgan fingerprint density at radius 2 is 1.86 bits per heavy atom. The molecule has 1 heterocycles. The number of nitrogens with one attached hydrogen (secondary N) is 1. The van der Waals surface area contributed by atoms with Gasteiger partial charge in [0.25, 0.3) is 0 Å². The van der Waals surface area contributed by atoms with E-state index in [0.717, 1.165) is 26.0 Å². The molecule has 1 aromatic carbocycles. The Morgan fingerprint density at radius 1 is 1.14 bits per heavy atom. The van der Waals surface area contributed by atoms with Crippen LogP contribution in [0.5, 0.6) is 0 Å². The van der Waals surface area contributed by atoms with E-state index in [1.54, 1.807) is 0 Å². The number of hydrogen-bond donors (Lipinski definition) is 1. The topological polar surface area (TPSA) is 21.3 Å². The summed E-state index contributed by atoms with van der Waals surface area (Å²) < 4.78 is 6.24. The second kappa shape index (κ2) is 6.93. The van der Waals surface area contributed by atoms with E-state index in [1.807, 2.05) is 0 Å². The van der Waals surface area contributed by atoms with Crippen LogP contribution in [0, 0.1) is 20.8 Å². The van der Waals surface area contributed by atoms with Crippen molar-refractivity contribution in [3.8, 4) is 0 Å². The van der Waals surface area contributed by atoms with E-state index in [4.69, 9.17) is 4.74 Å². The monoisotopic (exact) mass is 289 g/mol. The van der Waals surface area contributed by atoms with Crippen molar-refractivity contribution in [2.24, 2.45) is 0 Å². The molecular formula is C19H31NO. The molecule has 2 rings (SSSR count). The minimum absolute atomic E-state index is 0.0835. The van der Waals surface area contributed by atoms with E-state index in [9.17, 15) is 0 Å². The lowest BCUT2D eigenvalue weighted by molar-refractivity contribution is -0.0898. The molecule has 0 amide bonds. The van der Waals surface area contributed by atoms with Crippen LogP contribution < -0.4 is 5.32 Å². The van der Waals surface area contributed by atoms with Gasteiger partial charge in [0.15, 0.2) is 0 Å². The summed E-state index contributed by atoms with van der Waals surface area (Å²) in [4.78, 5) is 0. The molecule has 1 saturated heterocycles.